The number of methoxy groups -OCH3 is 1. The first kappa shape index (κ1) is 19.1. The Morgan fingerprint density at radius 3 is 2.81 bits per heavy atom. The van der Waals surface area contributed by atoms with Crippen LogP contribution in [0.4, 0.5) is 5.82 Å². The van der Waals surface area contributed by atoms with E-state index in [-0.39, 0.29) is 6.61 Å². The number of ether oxygens (including phenoxy) is 1. The molecule has 0 saturated carbocycles. The molecule has 0 atom stereocenters. The number of nitrogens with one attached hydrogen (secondary N) is 1. The average Bonchev–Trinajstić information content (AvgIpc) is 3.09. The summed E-state index contributed by atoms with van der Waals surface area (Å²) in [5.74, 6) is 3.50. The lowest BCUT2D eigenvalue weighted by Crippen LogP contribution is -2.09. The van der Waals surface area contributed by atoms with Gasteiger partial charge in [-0.2, -0.15) is 11.8 Å². The molecule has 138 valence electrons. The van der Waals surface area contributed by atoms with Gasteiger partial charge >= 0.3 is 0 Å². The van der Waals surface area contributed by atoms with E-state index < -0.39 is 0 Å². The Morgan fingerprint density at radius 1 is 1.19 bits per heavy atom. The third kappa shape index (κ3) is 4.73. The van der Waals surface area contributed by atoms with Crippen molar-refractivity contribution in [1.29, 1.82) is 0 Å². The second-order valence-corrected chi connectivity index (χ2v) is 7.82. The monoisotopic (exact) mass is 389 g/mol. The third-order valence-electron chi connectivity index (χ3n) is 3.82. The number of hydrogen-bond acceptors (Lipinski definition) is 7. The second-order valence-electron chi connectivity index (χ2n) is 5.73. The number of thiophene rings is 1. The summed E-state index contributed by atoms with van der Waals surface area (Å²) in [6.45, 7) is 1.47. The Morgan fingerprint density at radius 2 is 2.04 bits per heavy atom. The number of aliphatic hydroxyl groups is 1. The molecule has 0 saturated heterocycles. The molecule has 0 aliphatic heterocycles. The van der Waals surface area contributed by atoms with Gasteiger partial charge in [0.1, 0.15) is 17.3 Å². The quantitative estimate of drug-likeness (QED) is 0.510. The van der Waals surface area contributed by atoms with E-state index in [1.54, 1.807) is 18.4 Å². The fourth-order valence-electron chi connectivity index (χ4n) is 2.65. The molecule has 0 aliphatic rings. The van der Waals surface area contributed by atoms with Crippen LogP contribution in [0.2, 0.25) is 0 Å². The molecule has 2 aromatic heterocycles. The first-order chi connectivity index (χ1) is 12.8. The fourth-order valence-corrected chi connectivity index (χ4v) is 4.40. The van der Waals surface area contributed by atoms with Crippen LogP contribution in [0.15, 0.2) is 35.7 Å². The number of aliphatic hydroxyl groups excluding tert-OH is 1. The summed E-state index contributed by atoms with van der Waals surface area (Å²) in [6.07, 6.45) is 0.836. The molecular formula is C19H23N3O2S2. The number of fused-ring (bicyclic) bond motifs is 1. The van der Waals surface area contributed by atoms with Crippen LogP contribution >= 0.6 is 23.1 Å². The largest absolute Gasteiger partial charge is 0.396 e. The minimum atomic E-state index is 0.253. The Labute approximate surface area is 161 Å². The van der Waals surface area contributed by atoms with E-state index in [2.05, 4.69) is 27.8 Å². The van der Waals surface area contributed by atoms with Crippen LogP contribution in [0, 0.1) is 0 Å². The van der Waals surface area contributed by atoms with E-state index >= 15 is 0 Å². The molecule has 0 amide bonds. The lowest BCUT2D eigenvalue weighted by atomic mass is 10.1. The van der Waals surface area contributed by atoms with Gasteiger partial charge in [0.05, 0.1) is 5.39 Å². The molecule has 26 heavy (non-hydrogen) atoms. The summed E-state index contributed by atoms with van der Waals surface area (Å²) in [5.41, 5.74) is 2.33. The van der Waals surface area contributed by atoms with Crippen LogP contribution in [-0.4, -0.2) is 46.8 Å². The van der Waals surface area contributed by atoms with Crippen LogP contribution in [0.25, 0.3) is 21.3 Å². The molecule has 2 N–H and O–H groups in total. The van der Waals surface area contributed by atoms with Crippen molar-refractivity contribution in [3.63, 3.8) is 0 Å². The molecule has 0 aliphatic carbocycles. The van der Waals surface area contributed by atoms with Crippen molar-refractivity contribution in [1.82, 2.24) is 9.97 Å². The first-order valence-electron chi connectivity index (χ1n) is 8.58. The highest BCUT2D eigenvalue weighted by Gasteiger charge is 2.15. The van der Waals surface area contributed by atoms with Gasteiger partial charge in [-0.1, -0.05) is 30.3 Å². The van der Waals surface area contributed by atoms with Gasteiger partial charge in [0.15, 0.2) is 5.82 Å². The second kappa shape index (κ2) is 9.87. The third-order valence-corrected chi connectivity index (χ3v) is 5.77. The lowest BCUT2D eigenvalue weighted by Gasteiger charge is -2.10. The van der Waals surface area contributed by atoms with Crippen molar-refractivity contribution < 1.29 is 9.84 Å². The maximum atomic E-state index is 8.86. The van der Waals surface area contributed by atoms with Gasteiger partial charge in [-0.05, 0) is 17.7 Å². The van der Waals surface area contributed by atoms with Crippen LogP contribution in [0.5, 0.6) is 0 Å². The van der Waals surface area contributed by atoms with Gasteiger partial charge in [-0.25, -0.2) is 9.97 Å². The van der Waals surface area contributed by atoms with Gasteiger partial charge < -0.3 is 15.2 Å². The van der Waals surface area contributed by atoms with Gasteiger partial charge in [0, 0.05) is 37.0 Å². The number of anilines is 1. The molecule has 1 aromatic carbocycles. The first-order valence-corrected chi connectivity index (χ1v) is 10.6. The highest BCUT2D eigenvalue weighted by molar-refractivity contribution is 7.99. The van der Waals surface area contributed by atoms with E-state index in [1.807, 2.05) is 30.0 Å². The molecule has 5 nitrogen and oxygen atoms in total. The zero-order chi connectivity index (χ0) is 18.2. The summed E-state index contributed by atoms with van der Waals surface area (Å²) in [6, 6.07) is 10.3. The number of aromatic nitrogens is 2. The molecule has 0 bridgehead atoms. The van der Waals surface area contributed by atoms with Gasteiger partial charge in [0.2, 0.25) is 0 Å². The van der Waals surface area contributed by atoms with E-state index in [4.69, 9.17) is 14.8 Å². The Hall–Kier alpha value is -1.67. The smallest absolute Gasteiger partial charge is 0.158 e. The normalized spacial score (nSPS) is 11.2. The fraction of sp³-hybridized carbons (Fsp3) is 0.368. The van der Waals surface area contributed by atoms with Gasteiger partial charge in [0.25, 0.3) is 0 Å². The number of hydrogen-bond donors (Lipinski definition) is 2. The predicted octanol–water partition coefficient (Wildman–Crippen LogP) is 4.03. The SMILES string of the molecule is COCc1nc(NCCSCCCO)c2c(-c3ccccc3)csc2n1. The van der Waals surface area contributed by atoms with Crippen LogP contribution in [0.3, 0.4) is 0 Å². The highest BCUT2D eigenvalue weighted by Crippen LogP contribution is 2.36. The molecule has 3 aromatic rings. The molecule has 0 fully saturated rings. The molecule has 2 heterocycles. The van der Waals surface area contributed by atoms with Crippen molar-refractivity contribution in [3.05, 3.63) is 41.5 Å². The maximum absolute atomic E-state index is 8.86. The molecule has 7 heteroatoms. The molecule has 3 rings (SSSR count). The van der Waals surface area contributed by atoms with Crippen LogP contribution in [0.1, 0.15) is 12.2 Å². The predicted molar refractivity (Wildman–Crippen MR) is 111 cm³/mol. The van der Waals surface area contributed by atoms with Gasteiger partial charge in [-0.3, -0.25) is 0 Å². The van der Waals surface area contributed by atoms with Crippen molar-refractivity contribution in [2.75, 3.05) is 37.1 Å². The topological polar surface area (TPSA) is 67.3 Å². The zero-order valence-electron chi connectivity index (χ0n) is 14.8. The summed E-state index contributed by atoms with van der Waals surface area (Å²) in [4.78, 5) is 10.3. The summed E-state index contributed by atoms with van der Waals surface area (Å²) < 4.78 is 5.22. The van der Waals surface area contributed by atoms with E-state index in [0.29, 0.717) is 12.4 Å². The Balaban J connectivity index is 1.86. The Kier molecular flexibility index (Phi) is 7.25. The average molecular weight is 390 g/mol. The molecule has 0 radical (unpaired) electrons. The van der Waals surface area contributed by atoms with Crippen molar-refractivity contribution >= 4 is 39.1 Å². The number of benzene rings is 1. The zero-order valence-corrected chi connectivity index (χ0v) is 16.4. The molecular weight excluding hydrogens is 366 g/mol. The summed E-state index contributed by atoms with van der Waals surface area (Å²) in [7, 11) is 1.66. The molecule has 0 unspecified atom stereocenters. The van der Waals surface area contributed by atoms with Gasteiger partial charge in [-0.15, -0.1) is 11.3 Å². The van der Waals surface area contributed by atoms with Crippen molar-refractivity contribution in [2.24, 2.45) is 0 Å². The lowest BCUT2D eigenvalue weighted by molar-refractivity contribution is 0.178. The summed E-state index contributed by atoms with van der Waals surface area (Å²) >= 11 is 3.47. The van der Waals surface area contributed by atoms with E-state index in [1.165, 1.54) is 5.56 Å². The number of nitrogens with zero attached hydrogens (tertiary/aromatic N) is 2. The minimum absolute atomic E-state index is 0.253. The maximum Gasteiger partial charge on any atom is 0.158 e. The van der Waals surface area contributed by atoms with Crippen LogP contribution in [-0.2, 0) is 11.3 Å². The number of rotatable bonds is 10. The minimum Gasteiger partial charge on any atom is -0.396 e. The Bertz CT molecular complexity index is 824. The van der Waals surface area contributed by atoms with Crippen LogP contribution < -0.4 is 5.32 Å². The van der Waals surface area contributed by atoms with Crippen molar-refractivity contribution in [2.45, 2.75) is 13.0 Å². The highest BCUT2D eigenvalue weighted by atomic mass is 32.2. The van der Waals surface area contributed by atoms with E-state index in [0.717, 1.165) is 46.1 Å². The van der Waals surface area contributed by atoms with Crippen molar-refractivity contribution in [3.8, 4) is 11.1 Å². The van der Waals surface area contributed by atoms with E-state index in [9.17, 15) is 0 Å². The molecule has 0 spiro atoms. The number of thioether (sulfide) groups is 1. The standard InChI is InChI=1S/C19H23N3O2S2/c1-24-12-16-21-18(20-8-11-25-10-5-9-23)17-15(13-26-19(17)22-16)14-6-3-2-4-7-14/h2-4,6-7,13,23H,5,8-12H2,1H3,(H,20,21,22). The summed E-state index contributed by atoms with van der Waals surface area (Å²) in [5, 5.41) is 15.6.